The third-order valence-electron chi connectivity index (χ3n) is 11.3. The molecule has 6 aromatic carbocycles. The van der Waals surface area contributed by atoms with Crippen molar-refractivity contribution in [3.63, 3.8) is 0 Å². The minimum atomic E-state index is -0.0258. The molecular formula is C50H64N2. The molecule has 2 nitrogen and oxygen atoms in total. The van der Waals surface area contributed by atoms with Gasteiger partial charge in [-0.3, -0.25) is 0 Å². The quantitative estimate of drug-likeness (QED) is 0.144. The van der Waals surface area contributed by atoms with E-state index in [9.17, 15) is 0 Å². The lowest BCUT2D eigenvalue weighted by Crippen LogP contribution is -2.21. The van der Waals surface area contributed by atoms with E-state index >= 15 is 0 Å². The Balaban J connectivity index is 1.86. The summed E-state index contributed by atoms with van der Waals surface area (Å²) in [5.41, 5.74) is 19.3. The van der Waals surface area contributed by atoms with Crippen LogP contribution in [0.1, 0.15) is 156 Å². The van der Waals surface area contributed by atoms with Crippen LogP contribution in [0.25, 0.3) is 32.3 Å². The lowest BCUT2D eigenvalue weighted by molar-refractivity contribution is 0.568. The molecule has 0 spiro atoms. The summed E-state index contributed by atoms with van der Waals surface area (Å²) in [6.07, 6.45) is 0. The van der Waals surface area contributed by atoms with Crippen LogP contribution >= 0.6 is 0 Å². The fourth-order valence-corrected chi connectivity index (χ4v) is 7.84. The maximum atomic E-state index is 6.90. The molecule has 274 valence electrons. The zero-order valence-corrected chi connectivity index (χ0v) is 35.1. The minimum Gasteiger partial charge on any atom is -0.398 e. The van der Waals surface area contributed by atoms with Crippen LogP contribution in [0.4, 0.5) is 22.7 Å². The first-order valence-corrected chi connectivity index (χ1v) is 19.5. The van der Waals surface area contributed by atoms with E-state index in [0.717, 1.165) is 11.1 Å². The molecule has 0 unspecified atom stereocenters. The van der Waals surface area contributed by atoms with Crippen molar-refractivity contribution in [2.75, 3.05) is 10.6 Å². The molecular weight excluding hydrogens is 629 g/mol. The molecule has 0 aliphatic rings. The molecule has 0 atom stereocenters. The SMILES string of the molecule is CC(C)c1cc(N)c2ccc3c(C(C)C)cc(N(c4cc(C(C)(C)C)cc(C(C)(C)C)c4)c4cc(C(C)(C)C)cc(C(C)(C)C)c4)c4ccc1c2c34. The third kappa shape index (κ3) is 6.68. The van der Waals surface area contributed by atoms with Gasteiger partial charge in [0.15, 0.2) is 0 Å². The van der Waals surface area contributed by atoms with Crippen molar-refractivity contribution < 1.29 is 0 Å². The van der Waals surface area contributed by atoms with Gasteiger partial charge in [0.25, 0.3) is 0 Å². The highest BCUT2D eigenvalue weighted by Gasteiger charge is 2.29. The molecule has 6 aromatic rings. The van der Waals surface area contributed by atoms with Crippen LogP contribution in [0.2, 0.25) is 0 Å². The second-order valence-electron chi connectivity index (χ2n) is 20.3. The van der Waals surface area contributed by atoms with Crippen molar-refractivity contribution in [2.24, 2.45) is 0 Å². The van der Waals surface area contributed by atoms with Gasteiger partial charge in [-0.25, -0.2) is 0 Å². The van der Waals surface area contributed by atoms with Crippen molar-refractivity contribution >= 4 is 55.1 Å². The van der Waals surface area contributed by atoms with Crippen LogP contribution in [0, 0.1) is 0 Å². The molecule has 0 saturated carbocycles. The van der Waals surface area contributed by atoms with E-state index in [1.807, 2.05) is 0 Å². The lowest BCUT2D eigenvalue weighted by atomic mass is 9.79. The summed E-state index contributed by atoms with van der Waals surface area (Å²) in [5, 5.41) is 7.65. The Bertz CT molecular complexity index is 2150. The molecule has 0 fully saturated rings. The van der Waals surface area contributed by atoms with Crippen LogP contribution in [-0.4, -0.2) is 0 Å². The van der Waals surface area contributed by atoms with Crippen molar-refractivity contribution in [3.05, 3.63) is 106 Å². The highest BCUT2D eigenvalue weighted by atomic mass is 15.1. The molecule has 0 aromatic heterocycles. The second-order valence-corrected chi connectivity index (χ2v) is 20.3. The number of rotatable bonds is 5. The van der Waals surface area contributed by atoms with Gasteiger partial charge in [-0.1, -0.05) is 147 Å². The smallest absolute Gasteiger partial charge is 0.0543 e. The lowest BCUT2D eigenvalue weighted by Gasteiger charge is -2.35. The summed E-state index contributed by atoms with van der Waals surface area (Å²) in [6.45, 7) is 37.3. The van der Waals surface area contributed by atoms with Crippen molar-refractivity contribution in [1.29, 1.82) is 0 Å². The number of benzene rings is 6. The standard InChI is InChI=1S/C50H64N2/c1-29(2)41-27-43(51)39-19-17-38-42(30(3)4)28-44(40-20-18-37(41)45(39)46(38)40)52(35-23-31(47(5,6)7)21-32(24-35)48(8,9)10)36-25-33(49(11,12)13)22-34(26-36)50(14,15)16/h17-30H,51H2,1-16H3. The third-order valence-corrected chi connectivity index (χ3v) is 11.3. The van der Waals surface area contributed by atoms with Gasteiger partial charge in [0.2, 0.25) is 0 Å². The second kappa shape index (κ2) is 12.5. The Hall–Kier alpha value is -4.04. The van der Waals surface area contributed by atoms with Gasteiger partial charge in [-0.05, 0) is 125 Å². The maximum Gasteiger partial charge on any atom is 0.0543 e. The number of hydrogen-bond donors (Lipinski definition) is 1. The zero-order valence-electron chi connectivity index (χ0n) is 35.1. The van der Waals surface area contributed by atoms with E-state index in [-0.39, 0.29) is 21.7 Å². The molecule has 0 bridgehead atoms. The summed E-state index contributed by atoms with van der Waals surface area (Å²) in [7, 11) is 0. The molecule has 0 amide bonds. The summed E-state index contributed by atoms with van der Waals surface area (Å²) in [4.78, 5) is 2.60. The average Bonchev–Trinajstić information content (AvgIpc) is 3.02. The normalized spacial score (nSPS) is 13.4. The molecule has 0 aliphatic heterocycles. The van der Waals surface area contributed by atoms with Crippen molar-refractivity contribution in [1.82, 2.24) is 0 Å². The van der Waals surface area contributed by atoms with Gasteiger partial charge in [-0.15, -0.1) is 0 Å². The Morgan fingerprint density at radius 2 is 0.750 bits per heavy atom. The van der Waals surface area contributed by atoms with Crippen LogP contribution in [0.3, 0.4) is 0 Å². The van der Waals surface area contributed by atoms with Gasteiger partial charge < -0.3 is 10.6 Å². The number of nitrogens with zero attached hydrogens (tertiary/aromatic N) is 1. The Morgan fingerprint density at radius 1 is 0.423 bits per heavy atom. The van der Waals surface area contributed by atoms with E-state index in [2.05, 4.69) is 188 Å². The topological polar surface area (TPSA) is 29.3 Å². The summed E-state index contributed by atoms with van der Waals surface area (Å²) in [5.74, 6) is 0.684. The first kappa shape index (κ1) is 37.7. The van der Waals surface area contributed by atoms with Gasteiger partial charge >= 0.3 is 0 Å². The highest BCUT2D eigenvalue weighted by molar-refractivity contribution is 6.28. The Labute approximate surface area is 315 Å². The van der Waals surface area contributed by atoms with Crippen LogP contribution < -0.4 is 10.6 Å². The molecule has 2 N–H and O–H groups in total. The molecule has 0 heterocycles. The van der Waals surface area contributed by atoms with E-state index in [1.54, 1.807) is 0 Å². The molecule has 0 radical (unpaired) electrons. The Morgan fingerprint density at radius 3 is 1.12 bits per heavy atom. The maximum absolute atomic E-state index is 6.90. The molecule has 52 heavy (non-hydrogen) atoms. The predicted molar refractivity (Wildman–Crippen MR) is 232 cm³/mol. The average molecular weight is 693 g/mol. The van der Waals surface area contributed by atoms with Crippen LogP contribution in [0.15, 0.2) is 72.8 Å². The van der Waals surface area contributed by atoms with E-state index < -0.39 is 0 Å². The molecule has 0 aliphatic carbocycles. The first-order valence-electron chi connectivity index (χ1n) is 19.5. The first-order chi connectivity index (χ1) is 23.9. The largest absolute Gasteiger partial charge is 0.398 e. The fraction of sp³-hybridized carbons (Fsp3) is 0.440. The van der Waals surface area contributed by atoms with Crippen LogP contribution in [0.5, 0.6) is 0 Å². The predicted octanol–water partition coefficient (Wildman–Crippen LogP) is 15.1. The molecule has 0 saturated heterocycles. The zero-order chi connectivity index (χ0) is 38.5. The molecule has 2 heteroatoms. The summed E-state index contributed by atoms with van der Waals surface area (Å²) < 4.78 is 0. The van der Waals surface area contributed by atoms with Crippen molar-refractivity contribution in [3.8, 4) is 0 Å². The van der Waals surface area contributed by atoms with E-state index in [1.165, 1.54) is 77.4 Å². The number of nitrogens with two attached hydrogens (primary N) is 1. The van der Waals surface area contributed by atoms with Crippen molar-refractivity contribution in [2.45, 2.75) is 144 Å². The monoisotopic (exact) mass is 693 g/mol. The van der Waals surface area contributed by atoms with E-state index in [4.69, 9.17) is 5.73 Å². The number of hydrogen-bond acceptors (Lipinski definition) is 2. The minimum absolute atomic E-state index is 0.0258. The van der Waals surface area contributed by atoms with Crippen LogP contribution in [-0.2, 0) is 21.7 Å². The summed E-state index contributed by atoms with van der Waals surface area (Å²) >= 11 is 0. The summed E-state index contributed by atoms with van der Waals surface area (Å²) in [6, 6.07) is 28.8. The van der Waals surface area contributed by atoms with E-state index in [0.29, 0.717) is 11.8 Å². The highest BCUT2D eigenvalue weighted by Crippen LogP contribution is 2.50. The number of anilines is 4. The van der Waals surface area contributed by atoms with Gasteiger partial charge in [-0.2, -0.15) is 0 Å². The van der Waals surface area contributed by atoms with Gasteiger partial charge in [0.1, 0.15) is 0 Å². The van der Waals surface area contributed by atoms with Gasteiger partial charge in [0, 0.05) is 27.8 Å². The molecule has 6 rings (SSSR count). The number of nitrogen functional groups attached to an aromatic ring is 1. The Kier molecular flexibility index (Phi) is 9.09. The fourth-order valence-electron chi connectivity index (χ4n) is 7.84. The van der Waals surface area contributed by atoms with Gasteiger partial charge in [0.05, 0.1) is 5.69 Å².